The van der Waals surface area contributed by atoms with E-state index in [1.54, 1.807) is 24.3 Å². The fourth-order valence-corrected chi connectivity index (χ4v) is 3.03. The molecule has 0 spiro atoms. The molecule has 1 fully saturated rings. The zero-order chi connectivity index (χ0) is 15.7. The van der Waals surface area contributed by atoms with E-state index in [0.29, 0.717) is 10.2 Å². The summed E-state index contributed by atoms with van der Waals surface area (Å²) in [5.41, 5.74) is -0.767. The quantitative estimate of drug-likeness (QED) is 0.832. The van der Waals surface area contributed by atoms with Gasteiger partial charge in [-0.15, -0.1) is 0 Å². The zero-order valence-corrected chi connectivity index (χ0v) is 12.7. The molecule has 2 rings (SSSR count). The van der Waals surface area contributed by atoms with Crippen molar-refractivity contribution < 1.29 is 23.1 Å². The number of alkyl halides is 3. The van der Waals surface area contributed by atoms with Crippen LogP contribution in [-0.4, -0.2) is 22.8 Å². The van der Waals surface area contributed by atoms with Gasteiger partial charge in [-0.3, -0.25) is 0 Å². The summed E-state index contributed by atoms with van der Waals surface area (Å²) < 4.78 is 38.8. The van der Waals surface area contributed by atoms with Gasteiger partial charge >= 0.3 is 12.1 Å². The number of carboxylic acid groups (broad SMARTS) is 1. The highest BCUT2D eigenvalue weighted by Gasteiger charge is 2.49. The van der Waals surface area contributed by atoms with Gasteiger partial charge in [-0.25, -0.2) is 4.79 Å². The highest BCUT2D eigenvalue weighted by molar-refractivity contribution is 9.10. The van der Waals surface area contributed by atoms with Crippen LogP contribution in [0, 0.1) is 5.92 Å². The Hall–Kier alpha value is -1.24. The maximum atomic E-state index is 12.7. The lowest BCUT2D eigenvalue weighted by molar-refractivity contribution is -0.186. The van der Waals surface area contributed by atoms with Gasteiger partial charge in [0.15, 0.2) is 0 Å². The zero-order valence-electron chi connectivity index (χ0n) is 11.1. The van der Waals surface area contributed by atoms with Gasteiger partial charge in [-0.2, -0.15) is 13.2 Å². The van der Waals surface area contributed by atoms with Gasteiger partial charge in [0.05, 0.1) is 5.92 Å². The first kappa shape index (κ1) is 16.1. The van der Waals surface area contributed by atoms with Crippen molar-refractivity contribution in [1.29, 1.82) is 0 Å². The van der Waals surface area contributed by atoms with Crippen LogP contribution in [-0.2, 0) is 4.79 Å². The first-order valence-electron chi connectivity index (χ1n) is 6.57. The van der Waals surface area contributed by atoms with E-state index in [1.165, 1.54) is 0 Å². The molecule has 21 heavy (non-hydrogen) atoms. The van der Waals surface area contributed by atoms with Crippen LogP contribution in [0.2, 0.25) is 0 Å². The van der Waals surface area contributed by atoms with Crippen LogP contribution in [0.5, 0.6) is 0 Å². The molecule has 0 aliphatic heterocycles. The van der Waals surface area contributed by atoms with Crippen molar-refractivity contribution in [3.05, 3.63) is 28.7 Å². The van der Waals surface area contributed by atoms with Crippen LogP contribution in [0.25, 0.3) is 0 Å². The summed E-state index contributed by atoms with van der Waals surface area (Å²) in [6, 6.07) is 6.97. The molecule has 0 aromatic heterocycles. The van der Waals surface area contributed by atoms with Gasteiger partial charge in [0.2, 0.25) is 0 Å². The molecule has 1 aliphatic rings. The Labute approximate surface area is 128 Å². The van der Waals surface area contributed by atoms with Crippen molar-refractivity contribution in [3.63, 3.8) is 0 Å². The Kier molecular flexibility index (Phi) is 4.51. The van der Waals surface area contributed by atoms with E-state index in [-0.39, 0.29) is 25.7 Å². The molecule has 3 nitrogen and oxygen atoms in total. The van der Waals surface area contributed by atoms with Crippen molar-refractivity contribution in [2.75, 3.05) is 5.32 Å². The van der Waals surface area contributed by atoms with E-state index in [9.17, 15) is 23.1 Å². The standard InChI is InChI=1S/C14H15BrF3NO2/c15-10-3-1-2-4-11(10)19-13(12(20)21)7-5-9(6-8-13)14(16,17)18/h1-4,9,19H,5-8H2,(H,20,21). The van der Waals surface area contributed by atoms with Crippen LogP contribution in [0.15, 0.2) is 28.7 Å². The van der Waals surface area contributed by atoms with Crippen molar-refractivity contribution in [2.45, 2.75) is 37.4 Å². The minimum absolute atomic E-state index is 0.0478. The average Bonchev–Trinajstić information content (AvgIpc) is 2.41. The highest BCUT2D eigenvalue weighted by Crippen LogP contribution is 2.43. The number of para-hydroxylation sites is 1. The lowest BCUT2D eigenvalue weighted by Gasteiger charge is -2.38. The summed E-state index contributed by atoms with van der Waals surface area (Å²) in [6.45, 7) is 0. The Morgan fingerprint density at radius 3 is 2.33 bits per heavy atom. The normalized spacial score (nSPS) is 26.4. The van der Waals surface area contributed by atoms with E-state index >= 15 is 0 Å². The minimum atomic E-state index is -4.25. The second-order valence-electron chi connectivity index (χ2n) is 5.31. The van der Waals surface area contributed by atoms with Crippen molar-refractivity contribution >= 4 is 27.6 Å². The Morgan fingerprint density at radius 2 is 1.86 bits per heavy atom. The largest absolute Gasteiger partial charge is 0.480 e. The van der Waals surface area contributed by atoms with E-state index in [1.807, 2.05) is 0 Å². The van der Waals surface area contributed by atoms with Crippen molar-refractivity contribution in [2.24, 2.45) is 5.92 Å². The third kappa shape index (κ3) is 3.51. The predicted octanol–water partition coefficient (Wildman–Crippen LogP) is 4.44. The molecule has 1 aromatic carbocycles. The number of hydrogen-bond acceptors (Lipinski definition) is 2. The minimum Gasteiger partial charge on any atom is -0.480 e. The number of carboxylic acids is 1. The van der Waals surface area contributed by atoms with E-state index in [2.05, 4.69) is 21.2 Å². The summed E-state index contributed by atoms with van der Waals surface area (Å²) >= 11 is 3.30. The molecule has 7 heteroatoms. The number of hydrogen-bond donors (Lipinski definition) is 2. The van der Waals surface area contributed by atoms with E-state index in [4.69, 9.17) is 0 Å². The van der Waals surface area contributed by atoms with Crippen LogP contribution in [0.3, 0.4) is 0 Å². The topological polar surface area (TPSA) is 49.3 Å². The molecule has 0 bridgehead atoms. The molecule has 0 amide bonds. The average molecular weight is 366 g/mol. The summed E-state index contributed by atoms with van der Waals surface area (Å²) in [5.74, 6) is -2.52. The molecule has 0 atom stereocenters. The summed E-state index contributed by atoms with van der Waals surface area (Å²) in [6.07, 6.45) is -4.69. The second kappa shape index (κ2) is 5.87. The fraction of sp³-hybridized carbons (Fsp3) is 0.500. The molecule has 0 heterocycles. The number of anilines is 1. The second-order valence-corrected chi connectivity index (χ2v) is 6.16. The van der Waals surface area contributed by atoms with Gasteiger partial charge in [0.1, 0.15) is 5.54 Å². The summed E-state index contributed by atoms with van der Waals surface area (Å²) in [4.78, 5) is 11.6. The van der Waals surface area contributed by atoms with Crippen molar-refractivity contribution in [3.8, 4) is 0 Å². The molecule has 0 radical (unpaired) electrons. The third-order valence-electron chi connectivity index (χ3n) is 3.96. The van der Waals surface area contributed by atoms with Crippen LogP contribution in [0.4, 0.5) is 18.9 Å². The number of nitrogens with one attached hydrogen (secondary N) is 1. The Balaban J connectivity index is 2.17. The van der Waals surface area contributed by atoms with Crippen molar-refractivity contribution in [1.82, 2.24) is 0 Å². The first-order chi connectivity index (χ1) is 9.74. The maximum Gasteiger partial charge on any atom is 0.391 e. The first-order valence-corrected chi connectivity index (χ1v) is 7.37. The van der Waals surface area contributed by atoms with Gasteiger partial charge < -0.3 is 10.4 Å². The lowest BCUT2D eigenvalue weighted by Crippen LogP contribution is -2.50. The number of benzene rings is 1. The van der Waals surface area contributed by atoms with Gasteiger partial charge in [-0.1, -0.05) is 12.1 Å². The number of rotatable bonds is 3. The Bertz CT molecular complexity index is 525. The highest BCUT2D eigenvalue weighted by atomic mass is 79.9. The van der Waals surface area contributed by atoms with Gasteiger partial charge in [0, 0.05) is 10.2 Å². The molecule has 0 unspecified atom stereocenters. The van der Waals surface area contributed by atoms with E-state index in [0.717, 1.165) is 0 Å². The molecule has 0 saturated heterocycles. The molecule has 2 N–H and O–H groups in total. The summed E-state index contributed by atoms with van der Waals surface area (Å²) in [7, 11) is 0. The number of aliphatic carboxylic acids is 1. The molecular weight excluding hydrogens is 351 g/mol. The molecule has 116 valence electrons. The Morgan fingerprint density at radius 1 is 1.29 bits per heavy atom. The van der Waals surface area contributed by atoms with Gasteiger partial charge in [0.25, 0.3) is 0 Å². The van der Waals surface area contributed by atoms with Crippen LogP contribution >= 0.6 is 15.9 Å². The smallest absolute Gasteiger partial charge is 0.391 e. The summed E-state index contributed by atoms with van der Waals surface area (Å²) in [5, 5.41) is 12.4. The molecule has 1 aromatic rings. The SMILES string of the molecule is O=C(O)C1(Nc2ccccc2Br)CCC(C(F)(F)F)CC1. The molecular formula is C14H15BrF3NO2. The molecule has 1 saturated carbocycles. The third-order valence-corrected chi connectivity index (χ3v) is 4.65. The number of carbonyl (C=O) groups is 1. The predicted molar refractivity (Wildman–Crippen MR) is 76.1 cm³/mol. The lowest BCUT2D eigenvalue weighted by atomic mass is 9.76. The monoisotopic (exact) mass is 365 g/mol. The maximum absolute atomic E-state index is 12.7. The van der Waals surface area contributed by atoms with Crippen LogP contribution in [0.1, 0.15) is 25.7 Å². The van der Waals surface area contributed by atoms with Gasteiger partial charge in [-0.05, 0) is 53.7 Å². The number of halogens is 4. The molecule has 1 aliphatic carbocycles. The van der Waals surface area contributed by atoms with E-state index < -0.39 is 23.6 Å². The fourth-order valence-electron chi connectivity index (χ4n) is 2.65. The van der Waals surface area contributed by atoms with Crippen LogP contribution < -0.4 is 5.32 Å².